The van der Waals surface area contributed by atoms with Gasteiger partial charge in [-0.25, -0.2) is 4.98 Å². The molecule has 4 nitrogen and oxygen atoms in total. The molecule has 3 rings (SSSR count). The van der Waals surface area contributed by atoms with E-state index in [2.05, 4.69) is 15.6 Å². The molecule has 1 saturated heterocycles. The number of amides is 1. The third-order valence-corrected chi connectivity index (χ3v) is 3.78. The molecular weight excluding hydrogens is 309 g/mol. The van der Waals surface area contributed by atoms with Gasteiger partial charge in [0.05, 0.1) is 5.52 Å². The summed E-state index contributed by atoms with van der Waals surface area (Å²) in [5, 5.41) is 7.17. The summed E-state index contributed by atoms with van der Waals surface area (Å²) in [5.41, 5.74) is 0.901. The van der Waals surface area contributed by atoms with E-state index in [-0.39, 0.29) is 36.6 Å². The second-order valence-electron chi connectivity index (χ2n) is 5.09. The van der Waals surface area contributed by atoms with Crippen molar-refractivity contribution in [2.75, 3.05) is 18.4 Å². The highest BCUT2D eigenvalue weighted by atomic mass is 35.5. The maximum Gasteiger partial charge on any atom is 0.228 e. The maximum absolute atomic E-state index is 12.1. The maximum atomic E-state index is 12.1. The number of rotatable bonds is 3. The molecule has 1 aromatic carbocycles. The third kappa shape index (κ3) is 3.84. The Morgan fingerprint density at radius 3 is 2.62 bits per heavy atom. The molecule has 0 spiro atoms. The van der Waals surface area contributed by atoms with Crippen LogP contribution >= 0.6 is 24.8 Å². The minimum atomic E-state index is 0. The fourth-order valence-electron chi connectivity index (χ4n) is 2.25. The van der Waals surface area contributed by atoms with Gasteiger partial charge in [-0.1, -0.05) is 25.1 Å². The number of fused-ring (bicyclic) bond motifs is 1. The minimum absolute atomic E-state index is 0. The molecule has 6 heteroatoms. The zero-order chi connectivity index (χ0) is 13.2. The van der Waals surface area contributed by atoms with Crippen LogP contribution in [0.1, 0.15) is 6.92 Å². The van der Waals surface area contributed by atoms with Crippen molar-refractivity contribution in [3.05, 3.63) is 36.4 Å². The lowest BCUT2D eigenvalue weighted by Crippen LogP contribution is -2.48. The molecule has 0 bridgehead atoms. The van der Waals surface area contributed by atoms with Crippen LogP contribution in [-0.4, -0.2) is 24.0 Å². The summed E-state index contributed by atoms with van der Waals surface area (Å²) in [6, 6.07) is 11.7. The summed E-state index contributed by atoms with van der Waals surface area (Å²) >= 11 is 0. The molecule has 2 heterocycles. The van der Waals surface area contributed by atoms with E-state index in [0.717, 1.165) is 24.0 Å². The Kier molecular flexibility index (Phi) is 6.40. The molecule has 2 N–H and O–H groups in total. The van der Waals surface area contributed by atoms with Crippen LogP contribution in [-0.2, 0) is 4.79 Å². The molecule has 0 radical (unpaired) electrons. The molecule has 1 aliphatic rings. The van der Waals surface area contributed by atoms with Crippen molar-refractivity contribution in [2.45, 2.75) is 6.92 Å². The predicted molar refractivity (Wildman–Crippen MR) is 90.4 cm³/mol. The summed E-state index contributed by atoms with van der Waals surface area (Å²) in [6.45, 7) is 3.83. The zero-order valence-electron chi connectivity index (χ0n) is 11.7. The first-order valence-corrected chi connectivity index (χ1v) is 6.61. The Morgan fingerprint density at radius 2 is 1.95 bits per heavy atom. The summed E-state index contributed by atoms with van der Waals surface area (Å²) in [6.07, 6.45) is 0. The normalized spacial score (nSPS) is 15.3. The van der Waals surface area contributed by atoms with Crippen molar-refractivity contribution in [1.29, 1.82) is 0 Å². The quantitative estimate of drug-likeness (QED) is 0.911. The van der Waals surface area contributed by atoms with Gasteiger partial charge in [-0.15, -0.1) is 24.8 Å². The van der Waals surface area contributed by atoms with E-state index in [1.54, 1.807) is 0 Å². The molecule has 1 atom stereocenters. The topological polar surface area (TPSA) is 54.0 Å². The van der Waals surface area contributed by atoms with Crippen LogP contribution in [0.25, 0.3) is 10.9 Å². The van der Waals surface area contributed by atoms with Gasteiger partial charge in [-0.05, 0) is 37.2 Å². The third-order valence-electron chi connectivity index (χ3n) is 3.78. The minimum Gasteiger partial charge on any atom is -0.316 e. The van der Waals surface area contributed by atoms with Gasteiger partial charge in [-0.3, -0.25) is 4.79 Å². The Balaban J connectivity index is 0.00000110. The summed E-state index contributed by atoms with van der Waals surface area (Å²) < 4.78 is 0. The van der Waals surface area contributed by atoms with Gasteiger partial charge in [0.2, 0.25) is 5.91 Å². The number of pyridine rings is 1. The molecule has 1 amide bonds. The number of carbonyl (C=O) groups is 1. The van der Waals surface area contributed by atoms with Crippen molar-refractivity contribution in [2.24, 2.45) is 11.8 Å². The van der Waals surface area contributed by atoms with Gasteiger partial charge in [0, 0.05) is 11.3 Å². The Hall–Kier alpha value is -1.36. The standard InChI is InChI=1S/C15H17N3O.2ClH/c1-10(12-8-16-9-12)15(19)18-14-7-6-11-4-2-3-5-13(11)17-14;;/h2-7,10,12,16H,8-9H2,1H3,(H,17,18,19);2*1H. The van der Waals surface area contributed by atoms with Crippen LogP contribution in [0.5, 0.6) is 0 Å². The van der Waals surface area contributed by atoms with E-state index in [9.17, 15) is 4.79 Å². The van der Waals surface area contributed by atoms with Crippen LogP contribution in [0.15, 0.2) is 36.4 Å². The van der Waals surface area contributed by atoms with E-state index in [4.69, 9.17) is 0 Å². The molecule has 1 fully saturated rings. The number of benzene rings is 1. The van der Waals surface area contributed by atoms with Crippen molar-refractivity contribution in [3.63, 3.8) is 0 Å². The molecule has 21 heavy (non-hydrogen) atoms. The van der Waals surface area contributed by atoms with Gasteiger partial charge in [0.1, 0.15) is 5.82 Å². The van der Waals surface area contributed by atoms with Gasteiger partial charge >= 0.3 is 0 Å². The van der Waals surface area contributed by atoms with Gasteiger partial charge < -0.3 is 10.6 Å². The highest BCUT2D eigenvalue weighted by Crippen LogP contribution is 2.19. The van der Waals surface area contributed by atoms with Crippen LogP contribution in [0.4, 0.5) is 5.82 Å². The van der Waals surface area contributed by atoms with Gasteiger partial charge in [0.15, 0.2) is 0 Å². The summed E-state index contributed by atoms with van der Waals surface area (Å²) in [4.78, 5) is 16.6. The first-order valence-electron chi connectivity index (χ1n) is 6.61. The largest absolute Gasteiger partial charge is 0.316 e. The fraction of sp³-hybridized carbons (Fsp3) is 0.333. The number of nitrogens with zero attached hydrogens (tertiary/aromatic N) is 1. The molecule has 0 aliphatic carbocycles. The first kappa shape index (κ1) is 17.7. The Morgan fingerprint density at radius 1 is 1.24 bits per heavy atom. The lowest BCUT2D eigenvalue weighted by Gasteiger charge is -2.31. The lowest BCUT2D eigenvalue weighted by atomic mass is 9.88. The number of carbonyl (C=O) groups excluding carboxylic acids is 1. The van der Waals surface area contributed by atoms with E-state index < -0.39 is 0 Å². The average Bonchev–Trinajstić information content (AvgIpc) is 2.36. The summed E-state index contributed by atoms with van der Waals surface area (Å²) in [7, 11) is 0. The highest BCUT2D eigenvalue weighted by molar-refractivity contribution is 5.93. The molecule has 1 aliphatic heterocycles. The van der Waals surface area contributed by atoms with Crippen LogP contribution in [0.3, 0.4) is 0 Å². The number of anilines is 1. The predicted octanol–water partition coefficient (Wildman–Crippen LogP) is 2.87. The Bertz CT molecular complexity index is 617. The monoisotopic (exact) mass is 327 g/mol. The average molecular weight is 328 g/mol. The van der Waals surface area contributed by atoms with Crippen molar-refractivity contribution < 1.29 is 4.79 Å². The fourth-order valence-corrected chi connectivity index (χ4v) is 2.25. The summed E-state index contributed by atoms with van der Waals surface area (Å²) in [5.74, 6) is 1.15. The number of para-hydroxylation sites is 1. The first-order chi connectivity index (χ1) is 9.24. The van der Waals surface area contributed by atoms with Crippen LogP contribution in [0.2, 0.25) is 0 Å². The van der Waals surface area contributed by atoms with E-state index in [0.29, 0.717) is 11.7 Å². The van der Waals surface area contributed by atoms with E-state index >= 15 is 0 Å². The van der Waals surface area contributed by atoms with E-state index in [1.165, 1.54) is 0 Å². The second kappa shape index (κ2) is 7.59. The number of nitrogens with one attached hydrogen (secondary N) is 2. The number of aromatic nitrogens is 1. The number of hydrogen-bond acceptors (Lipinski definition) is 3. The molecule has 2 aromatic rings. The molecule has 0 saturated carbocycles. The van der Waals surface area contributed by atoms with Crippen LogP contribution < -0.4 is 10.6 Å². The van der Waals surface area contributed by atoms with Gasteiger partial charge in [-0.2, -0.15) is 0 Å². The molecular formula is C15H19Cl2N3O. The van der Waals surface area contributed by atoms with Crippen LogP contribution in [0, 0.1) is 11.8 Å². The smallest absolute Gasteiger partial charge is 0.228 e. The zero-order valence-corrected chi connectivity index (χ0v) is 13.3. The highest BCUT2D eigenvalue weighted by Gasteiger charge is 2.28. The molecule has 114 valence electrons. The lowest BCUT2D eigenvalue weighted by molar-refractivity contribution is -0.121. The van der Waals surface area contributed by atoms with E-state index in [1.807, 2.05) is 43.3 Å². The molecule has 1 aromatic heterocycles. The Labute approximate surface area is 136 Å². The SMILES string of the molecule is CC(C(=O)Nc1ccc2ccccc2n1)C1CNC1.Cl.Cl. The number of halogens is 2. The van der Waals surface area contributed by atoms with Crippen molar-refractivity contribution in [1.82, 2.24) is 10.3 Å². The van der Waals surface area contributed by atoms with Crippen molar-refractivity contribution >= 4 is 47.4 Å². The molecule has 1 unspecified atom stereocenters. The van der Waals surface area contributed by atoms with Crippen molar-refractivity contribution in [3.8, 4) is 0 Å². The number of hydrogen-bond donors (Lipinski definition) is 2. The van der Waals surface area contributed by atoms with Gasteiger partial charge in [0.25, 0.3) is 0 Å². The second-order valence-corrected chi connectivity index (χ2v) is 5.09.